The Morgan fingerprint density at radius 3 is 2.60 bits per heavy atom. The second kappa shape index (κ2) is 5.58. The Hall–Kier alpha value is -1.26. The molecular formula is C11H17NO3. The van der Waals surface area contributed by atoms with Crippen molar-refractivity contribution >= 4 is 0 Å². The van der Waals surface area contributed by atoms with Crippen LogP contribution in [-0.4, -0.2) is 25.4 Å². The lowest BCUT2D eigenvalue weighted by atomic mass is 10.1. The summed E-state index contributed by atoms with van der Waals surface area (Å²) in [6.45, 7) is 2.10. The summed E-state index contributed by atoms with van der Waals surface area (Å²) >= 11 is 0. The Bertz CT molecular complexity index is 313. The lowest BCUT2D eigenvalue weighted by Gasteiger charge is -2.16. The molecule has 1 atom stereocenters. The number of hydrogen-bond acceptors (Lipinski definition) is 4. The van der Waals surface area contributed by atoms with Crippen molar-refractivity contribution in [1.29, 1.82) is 0 Å². The quantitative estimate of drug-likeness (QED) is 0.765. The van der Waals surface area contributed by atoms with Gasteiger partial charge >= 0.3 is 0 Å². The number of aliphatic hydroxyl groups excluding tert-OH is 1. The molecule has 0 bridgehead atoms. The van der Waals surface area contributed by atoms with E-state index in [0.717, 1.165) is 5.56 Å². The molecule has 0 aliphatic carbocycles. The summed E-state index contributed by atoms with van der Waals surface area (Å²) in [4.78, 5) is 0. The maximum atomic E-state index is 8.70. The van der Waals surface area contributed by atoms with Gasteiger partial charge in [0.25, 0.3) is 0 Å². The lowest BCUT2D eigenvalue weighted by Crippen LogP contribution is -2.11. The second-order valence-electron chi connectivity index (χ2n) is 3.23. The Labute approximate surface area is 89.6 Å². The minimum Gasteiger partial charge on any atom is -0.496 e. The van der Waals surface area contributed by atoms with E-state index in [9.17, 15) is 0 Å². The normalized spacial score (nSPS) is 12.3. The predicted octanol–water partition coefficient (Wildman–Crippen LogP) is 1.09. The van der Waals surface area contributed by atoms with Crippen LogP contribution in [0.25, 0.3) is 0 Å². The van der Waals surface area contributed by atoms with Crippen molar-refractivity contribution in [2.45, 2.75) is 13.0 Å². The largest absolute Gasteiger partial charge is 0.496 e. The van der Waals surface area contributed by atoms with Crippen LogP contribution in [0.1, 0.15) is 18.5 Å². The summed E-state index contributed by atoms with van der Waals surface area (Å²) in [5.74, 6) is 1.37. The van der Waals surface area contributed by atoms with E-state index in [4.69, 9.17) is 20.3 Å². The molecule has 84 valence electrons. The molecule has 0 heterocycles. The molecular weight excluding hydrogens is 194 g/mol. The summed E-state index contributed by atoms with van der Waals surface area (Å²) < 4.78 is 10.6. The first-order valence-electron chi connectivity index (χ1n) is 4.86. The van der Waals surface area contributed by atoms with Gasteiger partial charge in [-0.25, -0.2) is 0 Å². The molecule has 0 aliphatic heterocycles. The molecule has 15 heavy (non-hydrogen) atoms. The summed E-state index contributed by atoms with van der Waals surface area (Å²) in [7, 11) is 1.59. The van der Waals surface area contributed by atoms with Gasteiger partial charge in [0.05, 0.1) is 19.3 Å². The van der Waals surface area contributed by atoms with E-state index in [1.165, 1.54) is 0 Å². The molecule has 0 spiro atoms. The van der Waals surface area contributed by atoms with Crippen molar-refractivity contribution in [1.82, 2.24) is 0 Å². The minimum atomic E-state index is -0.171. The van der Waals surface area contributed by atoms with Crippen LogP contribution < -0.4 is 15.2 Å². The summed E-state index contributed by atoms with van der Waals surface area (Å²) in [5, 5.41) is 8.70. The van der Waals surface area contributed by atoms with Crippen LogP contribution in [0, 0.1) is 0 Å². The third-order valence-corrected chi connectivity index (χ3v) is 2.05. The zero-order valence-electron chi connectivity index (χ0n) is 9.06. The number of methoxy groups -OCH3 is 1. The number of benzene rings is 1. The number of rotatable bonds is 5. The molecule has 0 amide bonds. The second-order valence-corrected chi connectivity index (χ2v) is 3.23. The zero-order chi connectivity index (χ0) is 11.3. The average molecular weight is 211 g/mol. The maximum Gasteiger partial charge on any atom is 0.127 e. The minimum absolute atomic E-state index is 0.0183. The lowest BCUT2D eigenvalue weighted by molar-refractivity contribution is 0.199. The molecule has 3 N–H and O–H groups in total. The third-order valence-electron chi connectivity index (χ3n) is 2.05. The van der Waals surface area contributed by atoms with Crippen molar-refractivity contribution in [3.05, 3.63) is 23.8 Å². The molecule has 4 heteroatoms. The summed E-state index contributed by atoms with van der Waals surface area (Å²) in [6, 6.07) is 5.31. The van der Waals surface area contributed by atoms with Crippen LogP contribution in [0.2, 0.25) is 0 Å². The first-order valence-corrected chi connectivity index (χ1v) is 4.86. The molecule has 0 saturated heterocycles. The first kappa shape index (κ1) is 11.8. The van der Waals surface area contributed by atoms with Gasteiger partial charge < -0.3 is 20.3 Å². The SMILES string of the molecule is COc1cccc(OCCO)c1[C@@H](C)N. The number of hydrogen-bond donors (Lipinski definition) is 2. The van der Waals surface area contributed by atoms with Gasteiger partial charge in [-0.1, -0.05) is 6.07 Å². The molecule has 1 aromatic carbocycles. The fourth-order valence-corrected chi connectivity index (χ4v) is 1.43. The monoisotopic (exact) mass is 211 g/mol. The van der Waals surface area contributed by atoms with Crippen molar-refractivity contribution in [2.75, 3.05) is 20.3 Å². The Morgan fingerprint density at radius 1 is 1.40 bits per heavy atom. The fraction of sp³-hybridized carbons (Fsp3) is 0.455. The smallest absolute Gasteiger partial charge is 0.127 e. The standard InChI is InChI=1S/C11H17NO3/c1-8(12)11-9(14-2)4-3-5-10(11)15-7-6-13/h3-5,8,13H,6-7,12H2,1-2H3/t8-/m1/s1. The van der Waals surface area contributed by atoms with Crippen LogP contribution in [0.3, 0.4) is 0 Å². The van der Waals surface area contributed by atoms with Gasteiger partial charge in [-0.3, -0.25) is 0 Å². The first-order chi connectivity index (χ1) is 7.20. The van der Waals surface area contributed by atoms with Gasteiger partial charge in [0.1, 0.15) is 18.1 Å². The molecule has 0 aromatic heterocycles. The highest BCUT2D eigenvalue weighted by atomic mass is 16.5. The molecule has 0 saturated carbocycles. The maximum absolute atomic E-state index is 8.70. The summed E-state index contributed by atoms with van der Waals surface area (Å²) in [6.07, 6.45) is 0. The number of nitrogens with two attached hydrogens (primary N) is 1. The van der Waals surface area contributed by atoms with Gasteiger partial charge in [-0.05, 0) is 19.1 Å². The van der Waals surface area contributed by atoms with Crippen molar-refractivity contribution in [3.63, 3.8) is 0 Å². The van der Waals surface area contributed by atoms with Crippen molar-refractivity contribution in [3.8, 4) is 11.5 Å². The Morgan fingerprint density at radius 2 is 2.07 bits per heavy atom. The van der Waals surface area contributed by atoms with E-state index in [0.29, 0.717) is 11.5 Å². The average Bonchev–Trinajstić information content (AvgIpc) is 2.25. The third kappa shape index (κ3) is 2.84. The van der Waals surface area contributed by atoms with Crippen LogP contribution in [-0.2, 0) is 0 Å². The van der Waals surface area contributed by atoms with E-state index in [1.54, 1.807) is 7.11 Å². The van der Waals surface area contributed by atoms with Crippen molar-refractivity contribution in [2.24, 2.45) is 5.73 Å². The van der Waals surface area contributed by atoms with Gasteiger partial charge in [0.15, 0.2) is 0 Å². The van der Waals surface area contributed by atoms with Gasteiger partial charge in [-0.2, -0.15) is 0 Å². The molecule has 4 nitrogen and oxygen atoms in total. The van der Waals surface area contributed by atoms with E-state index in [1.807, 2.05) is 25.1 Å². The Balaban J connectivity index is 3.02. The molecule has 1 aromatic rings. The molecule has 0 aliphatic rings. The predicted molar refractivity (Wildman–Crippen MR) is 58.2 cm³/mol. The van der Waals surface area contributed by atoms with E-state index < -0.39 is 0 Å². The highest BCUT2D eigenvalue weighted by Crippen LogP contribution is 2.32. The molecule has 0 unspecified atom stereocenters. The topological polar surface area (TPSA) is 64.7 Å². The van der Waals surface area contributed by atoms with E-state index in [2.05, 4.69) is 0 Å². The molecule has 1 rings (SSSR count). The van der Waals surface area contributed by atoms with Crippen LogP contribution in [0.5, 0.6) is 11.5 Å². The van der Waals surface area contributed by atoms with E-state index >= 15 is 0 Å². The zero-order valence-corrected chi connectivity index (χ0v) is 9.06. The Kier molecular flexibility index (Phi) is 4.39. The highest BCUT2D eigenvalue weighted by Gasteiger charge is 2.13. The van der Waals surface area contributed by atoms with Crippen LogP contribution in [0.15, 0.2) is 18.2 Å². The fourth-order valence-electron chi connectivity index (χ4n) is 1.43. The van der Waals surface area contributed by atoms with Gasteiger partial charge in [-0.15, -0.1) is 0 Å². The van der Waals surface area contributed by atoms with Crippen LogP contribution in [0.4, 0.5) is 0 Å². The summed E-state index contributed by atoms with van der Waals surface area (Å²) in [5.41, 5.74) is 6.67. The van der Waals surface area contributed by atoms with Gasteiger partial charge in [0, 0.05) is 6.04 Å². The van der Waals surface area contributed by atoms with Crippen molar-refractivity contribution < 1.29 is 14.6 Å². The van der Waals surface area contributed by atoms with Crippen LogP contribution >= 0.6 is 0 Å². The number of aliphatic hydroxyl groups is 1. The van der Waals surface area contributed by atoms with E-state index in [-0.39, 0.29) is 19.3 Å². The molecule has 0 radical (unpaired) electrons. The van der Waals surface area contributed by atoms with Gasteiger partial charge in [0.2, 0.25) is 0 Å². The highest BCUT2D eigenvalue weighted by molar-refractivity contribution is 5.46. The number of ether oxygens (including phenoxy) is 2. The molecule has 0 fully saturated rings.